The molecular weight excluding hydrogens is 524 g/mol. The minimum absolute atomic E-state index is 0.0140. The highest BCUT2D eigenvalue weighted by molar-refractivity contribution is 6.01. The van der Waals surface area contributed by atoms with Crippen molar-refractivity contribution in [3.05, 3.63) is 94.8 Å². The van der Waals surface area contributed by atoms with Gasteiger partial charge in [-0.2, -0.15) is 13.2 Å². The Kier molecular flexibility index (Phi) is 6.01. The molecule has 9 nitrogen and oxygen atoms in total. The Morgan fingerprint density at radius 3 is 2.54 bits per heavy atom. The van der Waals surface area contributed by atoms with Gasteiger partial charge in [0, 0.05) is 23.7 Å². The van der Waals surface area contributed by atoms with E-state index in [2.05, 4.69) is 9.97 Å². The Morgan fingerprint density at radius 2 is 1.85 bits per heavy atom. The van der Waals surface area contributed by atoms with Crippen LogP contribution < -0.4 is 4.90 Å². The van der Waals surface area contributed by atoms with Crippen molar-refractivity contribution in [2.45, 2.75) is 18.4 Å². The first-order chi connectivity index (χ1) is 18.4. The van der Waals surface area contributed by atoms with Gasteiger partial charge < -0.3 is 14.8 Å². The van der Waals surface area contributed by atoms with Crippen molar-refractivity contribution in [3.63, 3.8) is 0 Å². The van der Waals surface area contributed by atoms with Gasteiger partial charge in [0.15, 0.2) is 0 Å². The average molecular weight is 542 g/mol. The number of imidazole rings is 1. The van der Waals surface area contributed by atoms with Gasteiger partial charge in [-0.1, -0.05) is 36.4 Å². The number of carboxylic acid groups (broad SMARTS) is 1. The number of alkyl halides is 3. The average Bonchev–Trinajstić information content (AvgIpc) is 3.41. The second-order valence-electron chi connectivity index (χ2n) is 8.73. The van der Waals surface area contributed by atoms with Gasteiger partial charge >= 0.3 is 18.2 Å². The van der Waals surface area contributed by atoms with Crippen LogP contribution in [-0.2, 0) is 21.8 Å². The van der Waals surface area contributed by atoms with Crippen molar-refractivity contribution in [1.29, 1.82) is 0 Å². The number of carbonyl (C=O) groups is 3. The fraction of sp³-hybridized carbons (Fsp3) is 0.154. The lowest BCUT2D eigenvalue weighted by Gasteiger charge is -2.39. The highest BCUT2D eigenvalue weighted by Crippen LogP contribution is 2.47. The first-order valence-corrected chi connectivity index (χ1v) is 11.3. The van der Waals surface area contributed by atoms with Crippen molar-refractivity contribution in [3.8, 4) is 0 Å². The molecule has 1 unspecified atom stereocenters. The smallest absolute Gasteiger partial charge is 0.465 e. The molecule has 0 fully saturated rings. The molecule has 0 bridgehead atoms. The number of esters is 1. The fourth-order valence-electron chi connectivity index (χ4n) is 4.53. The third-order valence-electron chi connectivity index (χ3n) is 6.31. The van der Waals surface area contributed by atoms with E-state index in [1.165, 1.54) is 67.7 Å². The molecule has 0 aliphatic carbocycles. The highest BCUT2D eigenvalue weighted by atomic mass is 19.4. The normalized spacial score (nSPS) is 16.8. The maximum atomic E-state index is 14.0. The largest absolute Gasteiger partial charge is 0.491 e. The van der Waals surface area contributed by atoms with Crippen LogP contribution in [0.25, 0.3) is 11.0 Å². The second-order valence-corrected chi connectivity index (χ2v) is 8.73. The predicted molar refractivity (Wildman–Crippen MR) is 128 cm³/mol. The van der Waals surface area contributed by atoms with Crippen molar-refractivity contribution in [2.24, 2.45) is 0 Å². The number of hydrogen-bond acceptors (Lipinski definition) is 5. The summed E-state index contributed by atoms with van der Waals surface area (Å²) in [7, 11) is 1.24. The topological polar surface area (TPSA) is 116 Å². The molecule has 39 heavy (non-hydrogen) atoms. The van der Waals surface area contributed by atoms with Crippen LogP contribution in [0.1, 0.15) is 27.0 Å². The zero-order valence-electron chi connectivity index (χ0n) is 20.0. The van der Waals surface area contributed by atoms with E-state index in [1.807, 2.05) is 0 Å². The number of aromatic amines is 1. The minimum atomic E-state index is -5.41. The Labute approximate surface area is 217 Å². The molecule has 5 rings (SSSR count). The molecule has 1 aromatic heterocycles. The zero-order valence-corrected chi connectivity index (χ0v) is 20.0. The molecule has 2 heterocycles. The molecule has 0 spiro atoms. The summed E-state index contributed by atoms with van der Waals surface area (Å²) in [5.74, 6) is -4.01. The number of aromatic nitrogens is 2. The monoisotopic (exact) mass is 542 g/mol. The first kappa shape index (κ1) is 25.7. The molecule has 2 N–H and O–H groups in total. The Bertz CT molecular complexity index is 1640. The summed E-state index contributed by atoms with van der Waals surface area (Å²) in [4.78, 5) is 46.0. The van der Waals surface area contributed by atoms with Gasteiger partial charge in [-0.05, 0) is 35.9 Å². The molecule has 0 saturated heterocycles. The first-order valence-electron chi connectivity index (χ1n) is 11.3. The van der Waals surface area contributed by atoms with Crippen LogP contribution in [0.15, 0.2) is 66.7 Å². The Balaban J connectivity index is 1.75. The zero-order chi connectivity index (χ0) is 28.1. The van der Waals surface area contributed by atoms with Gasteiger partial charge in [0.05, 0.1) is 17.6 Å². The number of fused-ring (bicyclic) bond motifs is 2. The van der Waals surface area contributed by atoms with Gasteiger partial charge in [0.2, 0.25) is 11.7 Å². The lowest BCUT2D eigenvalue weighted by molar-refractivity contribution is -0.222. The highest BCUT2D eigenvalue weighted by Gasteiger charge is 2.57. The van der Waals surface area contributed by atoms with Crippen LogP contribution in [0.5, 0.6) is 0 Å². The number of carbonyl (C=O) groups excluding carboxylic acids is 2. The van der Waals surface area contributed by atoms with Gasteiger partial charge in [0.25, 0.3) is 5.91 Å². The quantitative estimate of drug-likeness (QED) is 0.277. The van der Waals surface area contributed by atoms with Crippen LogP contribution >= 0.6 is 0 Å². The number of anilines is 1. The number of nitrogens with one attached hydrogen (secondary N) is 1. The van der Waals surface area contributed by atoms with Crippen LogP contribution in [0, 0.1) is 5.82 Å². The van der Waals surface area contributed by atoms with Gasteiger partial charge in [0.1, 0.15) is 5.82 Å². The SMILES string of the molecule is CN(C(=O)O)c1nc2ccc(C3(OC(=O)C(F)(F)F)c4ccccc4C(=O)N3Cc3cccc(F)c3)cc2[nH]1. The van der Waals surface area contributed by atoms with Gasteiger partial charge in [-0.15, -0.1) is 0 Å². The van der Waals surface area contributed by atoms with Crippen LogP contribution in [0.2, 0.25) is 0 Å². The number of H-pyrrole nitrogens is 1. The molecule has 13 heteroatoms. The van der Waals surface area contributed by atoms with E-state index in [0.717, 1.165) is 15.9 Å². The number of nitrogens with zero attached hydrogens (tertiary/aromatic N) is 3. The van der Waals surface area contributed by atoms with Gasteiger partial charge in [-0.25, -0.2) is 19.0 Å². The number of hydrogen-bond donors (Lipinski definition) is 2. The summed E-state index contributed by atoms with van der Waals surface area (Å²) >= 11 is 0. The molecule has 4 aromatic rings. The summed E-state index contributed by atoms with van der Waals surface area (Å²) in [6.07, 6.45) is -6.73. The van der Waals surface area contributed by atoms with Gasteiger partial charge in [-0.3, -0.25) is 14.6 Å². The number of ether oxygens (including phenoxy) is 1. The standard InChI is InChI=1S/C26H18F4N4O5/c1-33(24(37)38)23-31-19-10-9-15(12-20(19)32-23)25(39-22(36)26(28,29)30)18-8-3-2-7-17(18)21(35)34(25)13-14-5-4-6-16(27)11-14/h2-12H,13H2,1H3,(H,31,32)(H,37,38). The molecule has 200 valence electrons. The number of amides is 2. The number of benzene rings is 3. The molecule has 1 aliphatic rings. The summed E-state index contributed by atoms with van der Waals surface area (Å²) < 4.78 is 60.0. The predicted octanol–water partition coefficient (Wildman–Crippen LogP) is 4.78. The summed E-state index contributed by atoms with van der Waals surface area (Å²) in [5, 5.41) is 9.27. The van der Waals surface area contributed by atoms with E-state index in [1.54, 1.807) is 0 Å². The third kappa shape index (κ3) is 4.31. The number of halogens is 4. The molecule has 0 saturated carbocycles. The Morgan fingerprint density at radius 1 is 1.10 bits per heavy atom. The van der Waals surface area contributed by atoms with E-state index < -0.39 is 42.2 Å². The number of rotatable bonds is 5. The molecule has 0 radical (unpaired) electrons. The third-order valence-corrected chi connectivity index (χ3v) is 6.31. The van der Waals surface area contributed by atoms with Crippen molar-refractivity contribution >= 4 is 35.0 Å². The second kappa shape index (κ2) is 9.11. The van der Waals surface area contributed by atoms with E-state index in [-0.39, 0.29) is 39.2 Å². The summed E-state index contributed by atoms with van der Waals surface area (Å²) in [6, 6.07) is 14.9. The van der Waals surface area contributed by atoms with Crippen LogP contribution in [0.4, 0.5) is 28.3 Å². The summed E-state index contributed by atoms with van der Waals surface area (Å²) in [5.41, 5.74) is -1.84. The van der Waals surface area contributed by atoms with Crippen molar-refractivity contribution < 1.29 is 41.8 Å². The van der Waals surface area contributed by atoms with E-state index in [9.17, 15) is 37.1 Å². The van der Waals surface area contributed by atoms with Crippen molar-refractivity contribution in [1.82, 2.24) is 14.9 Å². The Hall–Kier alpha value is -4.94. The molecule has 1 atom stereocenters. The van der Waals surface area contributed by atoms with Crippen molar-refractivity contribution in [2.75, 3.05) is 11.9 Å². The van der Waals surface area contributed by atoms with Crippen LogP contribution in [-0.4, -0.2) is 51.2 Å². The molecule has 1 aliphatic heterocycles. The minimum Gasteiger partial charge on any atom is -0.465 e. The fourth-order valence-corrected chi connectivity index (χ4v) is 4.53. The van der Waals surface area contributed by atoms with E-state index in [4.69, 9.17) is 4.74 Å². The van der Waals surface area contributed by atoms with E-state index >= 15 is 0 Å². The van der Waals surface area contributed by atoms with Crippen LogP contribution in [0.3, 0.4) is 0 Å². The molecule has 3 aromatic carbocycles. The lowest BCUT2D eigenvalue weighted by Crippen LogP contribution is -2.49. The summed E-state index contributed by atoms with van der Waals surface area (Å²) in [6.45, 7) is -0.412. The maximum absolute atomic E-state index is 14.0. The maximum Gasteiger partial charge on any atom is 0.491 e. The molecular formula is C26H18F4N4O5. The lowest BCUT2D eigenvalue weighted by atomic mass is 9.92. The van der Waals surface area contributed by atoms with E-state index in [0.29, 0.717) is 0 Å². The molecule has 2 amide bonds.